The van der Waals surface area contributed by atoms with Crippen LogP contribution in [-0.2, 0) is 0 Å². The normalized spacial score (nSPS) is 18.5. The van der Waals surface area contributed by atoms with Crippen molar-refractivity contribution in [3.63, 3.8) is 0 Å². The molecule has 0 aliphatic carbocycles. The minimum absolute atomic E-state index is 0.171. The number of aromatic nitrogens is 2. The van der Waals surface area contributed by atoms with Crippen molar-refractivity contribution < 1.29 is 13.6 Å². The number of thiophene rings is 1. The number of ether oxygens (including phenoxy) is 1. The first-order valence-electron chi connectivity index (χ1n) is 11.6. The molecule has 2 aromatic heterocycles. The molecule has 0 bridgehead atoms. The molecular weight excluding hydrogens is 408 g/mol. The van der Waals surface area contributed by atoms with Crippen molar-refractivity contribution in [2.24, 2.45) is 0 Å². The Morgan fingerprint density at radius 2 is 2.19 bits per heavy atom. The maximum Gasteiger partial charge on any atom is 0.261 e. The lowest BCUT2D eigenvalue weighted by atomic mass is 10.2. The van der Waals surface area contributed by atoms with E-state index in [4.69, 9.17) is 8.85 Å². The molecular formula is C24H24N4O2S. The zero-order chi connectivity index (χ0) is 23.9. The fraction of sp³-hybridized carbons (Fsp3) is 0.250. The van der Waals surface area contributed by atoms with Gasteiger partial charge in [-0.25, -0.2) is 4.68 Å². The molecule has 31 heavy (non-hydrogen) atoms. The standard InChI is InChI=1S/C24H24N4O2S/c1-16-5-3-4-6-22(16)30-20-7-8-21-17(11-20)13-25-28(21)19-12-23(31-15-19)24(29)26-18-9-10-27(2)14-18/h3-8,11-13,15,18H,9-10,14H2,1-2H3,(H,26,29)/i2D3. The molecule has 1 fully saturated rings. The minimum atomic E-state index is -2.12. The summed E-state index contributed by atoms with van der Waals surface area (Å²) in [4.78, 5) is 14.7. The lowest BCUT2D eigenvalue weighted by Gasteiger charge is -2.11. The molecule has 6 nitrogen and oxygen atoms in total. The van der Waals surface area contributed by atoms with Gasteiger partial charge in [-0.3, -0.25) is 4.79 Å². The summed E-state index contributed by atoms with van der Waals surface area (Å²) in [6.07, 6.45) is 2.40. The van der Waals surface area contributed by atoms with Crippen molar-refractivity contribution in [1.29, 1.82) is 0 Å². The summed E-state index contributed by atoms with van der Waals surface area (Å²) in [7, 11) is 0. The van der Waals surface area contributed by atoms with Crippen molar-refractivity contribution in [3.05, 3.63) is 70.5 Å². The molecule has 4 aromatic rings. The highest BCUT2D eigenvalue weighted by Crippen LogP contribution is 2.29. The van der Waals surface area contributed by atoms with Gasteiger partial charge >= 0.3 is 0 Å². The van der Waals surface area contributed by atoms with Gasteiger partial charge in [0.25, 0.3) is 5.91 Å². The first-order chi connectivity index (χ1) is 16.3. The molecule has 1 atom stereocenters. The number of likely N-dealkylation sites (N-methyl/N-ethyl adjacent to an activating group) is 1. The Hall–Kier alpha value is -3.16. The van der Waals surface area contributed by atoms with Crippen molar-refractivity contribution in [2.75, 3.05) is 20.1 Å². The Morgan fingerprint density at radius 1 is 1.29 bits per heavy atom. The first kappa shape index (κ1) is 16.5. The second-order valence-electron chi connectivity index (χ2n) is 7.72. The smallest absolute Gasteiger partial charge is 0.261 e. The highest BCUT2D eigenvalue weighted by molar-refractivity contribution is 7.12. The van der Waals surface area contributed by atoms with Gasteiger partial charge in [0.15, 0.2) is 0 Å². The number of hydrogen-bond donors (Lipinski definition) is 1. The van der Waals surface area contributed by atoms with Crippen molar-refractivity contribution in [3.8, 4) is 17.2 Å². The number of rotatable bonds is 5. The third-order valence-electron chi connectivity index (χ3n) is 5.44. The monoisotopic (exact) mass is 435 g/mol. The number of likely N-dealkylation sites (tertiary alicyclic amines) is 1. The maximum atomic E-state index is 12.7. The number of para-hydroxylation sites is 1. The van der Waals surface area contributed by atoms with Crippen molar-refractivity contribution >= 4 is 28.1 Å². The molecule has 7 heteroatoms. The van der Waals surface area contributed by atoms with E-state index in [9.17, 15) is 4.79 Å². The Labute approximate surface area is 189 Å². The second kappa shape index (κ2) is 8.17. The Bertz CT molecular complexity index is 1350. The summed E-state index contributed by atoms with van der Waals surface area (Å²) < 4.78 is 30.4. The molecule has 0 radical (unpaired) electrons. The molecule has 5 rings (SSSR count). The van der Waals surface area contributed by atoms with Crippen LogP contribution in [-0.4, -0.2) is 46.7 Å². The number of carbonyl (C=O) groups excluding carboxylic acids is 1. The van der Waals surface area contributed by atoms with Crippen molar-refractivity contribution in [1.82, 2.24) is 20.0 Å². The van der Waals surface area contributed by atoms with Crippen LogP contribution in [0, 0.1) is 6.92 Å². The van der Waals surface area contributed by atoms with Crippen LogP contribution in [0.2, 0.25) is 0 Å². The van der Waals surface area contributed by atoms with E-state index < -0.39 is 6.98 Å². The Morgan fingerprint density at radius 3 is 3.03 bits per heavy atom. The molecule has 1 unspecified atom stereocenters. The fourth-order valence-electron chi connectivity index (χ4n) is 3.77. The van der Waals surface area contributed by atoms with Crippen LogP contribution in [0.5, 0.6) is 11.5 Å². The van der Waals surface area contributed by atoms with E-state index >= 15 is 0 Å². The van der Waals surface area contributed by atoms with Crippen LogP contribution < -0.4 is 10.1 Å². The summed E-state index contributed by atoms with van der Waals surface area (Å²) in [5.41, 5.74) is 2.77. The number of carbonyl (C=O) groups is 1. The van der Waals surface area contributed by atoms with Crippen LogP contribution in [0.15, 0.2) is 60.1 Å². The van der Waals surface area contributed by atoms with E-state index in [0.717, 1.165) is 33.7 Å². The number of benzene rings is 2. The van der Waals surface area contributed by atoms with Crippen LogP contribution in [0.1, 0.15) is 25.8 Å². The van der Waals surface area contributed by atoms with Crippen LogP contribution in [0.3, 0.4) is 0 Å². The second-order valence-corrected chi connectivity index (χ2v) is 8.63. The van der Waals surface area contributed by atoms with Gasteiger partial charge < -0.3 is 15.0 Å². The lowest BCUT2D eigenvalue weighted by molar-refractivity contribution is 0.0942. The summed E-state index contributed by atoms with van der Waals surface area (Å²) in [5, 5.41) is 10.3. The molecule has 158 valence electrons. The molecule has 1 aliphatic rings. The summed E-state index contributed by atoms with van der Waals surface area (Å²) in [6.45, 7) is 0.664. The predicted molar refractivity (Wildman–Crippen MR) is 124 cm³/mol. The third kappa shape index (κ3) is 4.06. The number of nitrogens with zero attached hydrogens (tertiary/aromatic N) is 3. The summed E-state index contributed by atoms with van der Waals surface area (Å²) in [5.74, 6) is 1.35. The number of fused-ring (bicyclic) bond motifs is 1. The maximum absolute atomic E-state index is 12.7. The van der Waals surface area contributed by atoms with Gasteiger partial charge in [0.1, 0.15) is 11.5 Å². The zero-order valence-electron chi connectivity index (χ0n) is 20.0. The molecule has 3 heterocycles. The lowest BCUT2D eigenvalue weighted by Crippen LogP contribution is -2.36. The van der Waals surface area contributed by atoms with E-state index in [-0.39, 0.29) is 11.9 Å². The van der Waals surface area contributed by atoms with Gasteiger partial charge in [0, 0.05) is 27.5 Å². The van der Waals surface area contributed by atoms with Gasteiger partial charge in [0.2, 0.25) is 0 Å². The van der Waals surface area contributed by atoms with E-state index in [1.165, 1.54) is 16.2 Å². The number of amides is 1. The molecule has 0 saturated carbocycles. The van der Waals surface area contributed by atoms with E-state index in [2.05, 4.69) is 10.4 Å². The SMILES string of the molecule is [2H]C([2H])([2H])N1CCC(NC(=O)c2cc(-n3ncc4cc(Oc5ccccc5C)ccc43)cs2)C1. The van der Waals surface area contributed by atoms with Crippen LogP contribution in [0.4, 0.5) is 0 Å². The topological polar surface area (TPSA) is 59.4 Å². The van der Waals surface area contributed by atoms with Gasteiger partial charge in [-0.05, 0) is 62.8 Å². The Kier molecular flexibility index (Phi) is 4.35. The average Bonchev–Trinajstić information content (AvgIpc) is 3.54. The largest absolute Gasteiger partial charge is 0.457 e. The molecule has 1 saturated heterocycles. The fourth-order valence-corrected chi connectivity index (χ4v) is 4.54. The summed E-state index contributed by atoms with van der Waals surface area (Å²) >= 11 is 1.34. The highest BCUT2D eigenvalue weighted by Gasteiger charge is 2.22. The first-order valence-corrected chi connectivity index (χ1v) is 11.0. The van der Waals surface area contributed by atoms with E-state index in [0.29, 0.717) is 24.4 Å². The molecule has 0 spiro atoms. The Balaban J connectivity index is 1.30. The van der Waals surface area contributed by atoms with Gasteiger partial charge in [0.05, 0.1) is 22.3 Å². The van der Waals surface area contributed by atoms with Crippen LogP contribution in [0.25, 0.3) is 16.6 Å². The zero-order valence-corrected chi connectivity index (χ0v) is 17.9. The average molecular weight is 436 g/mol. The molecule has 1 N–H and O–H groups in total. The quantitative estimate of drug-likeness (QED) is 0.497. The van der Waals surface area contributed by atoms with Crippen LogP contribution >= 0.6 is 11.3 Å². The van der Waals surface area contributed by atoms with Crippen molar-refractivity contribution in [2.45, 2.75) is 19.4 Å². The highest BCUT2D eigenvalue weighted by atomic mass is 32.1. The van der Waals surface area contributed by atoms with Gasteiger partial charge in [-0.15, -0.1) is 11.3 Å². The molecule has 1 aliphatic heterocycles. The minimum Gasteiger partial charge on any atom is -0.457 e. The molecule has 1 amide bonds. The number of hydrogen-bond acceptors (Lipinski definition) is 5. The predicted octanol–water partition coefficient (Wildman–Crippen LogP) is 4.62. The van der Waals surface area contributed by atoms with E-state index in [1.807, 2.05) is 54.8 Å². The van der Waals surface area contributed by atoms with Gasteiger partial charge in [-0.1, -0.05) is 18.2 Å². The number of nitrogens with one attached hydrogen (secondary N) is 1. The summed E-state index contributed by atoms with van der Waals surface area (Å²) in [6, 6.07) is 15.3. The third-order valence-corrected chi connectivity index (χ3v) is 6.35. The van der Waals surface area contributed by atoms with Gasteiger partial charge in [-0.2, -0.15) is 5.10 Å². The van der Waals surface area contributed by atoms with E-state index in [1.54, 1.807) is 16.9 Å². The molecule has 2 aromatic carbocycles. The number of aryl methyl sites for hydroxylation is 1.